The van der Waals surface area contributed by atoms with Gasteiger partial charge in [0.25, 0.3) is 0 Å². The normalized spacial score (nSPS) is 43.9. The molecule has 0 N–H and O–H groups in total. The van der Waals surface area contributed by atoms with E-state index in [2.05, 4.69) is 13.8 Å². The molecule has 1 aromatic carbocycles. The van der Waals surface area contributed by atoms with Crippen LogP contribution in [0.2, 0.25) is 0 Å². The SMILES string of the molecule is C[C@H]1[C@@H](CCC(=O)Cc2ccc(F)cc2)O[C@@H]2O[C@]3(C)CC[C@H]4[C@H](C)CC[C@@H]1[C@@]24OO3. The van der Waals surface area contributed by atoms with Gasteiger partial charge in [-0.15, -0.1) is 0 Å². The van der Waals surface area contributed by atoms with E-state index < -0.39 is 17.7 Å². The molecule has 1 spiro atoms. The van der Waals surface area contributed by atoms with Crippen LogP contribution in [0.1, 0.15) is 64.9 Å². The number of halogens is 1. The number of hydrogen-bond donors (Lipinski definition) is 0. The minimum atomic E-state index is -0.777. The maximum Gasteiger partial charge on any atom is 0.201 e. The minimum Gasteiger partial charge on any atom is -0.346 e. The topological polar surface area (TPSA) is 54.0 Å². The molecule has 0 amide bonds. The predicted octanol–water partition coefficient (Wildman–Crippen LogP) is 4.97. The fourth-order valence-electron chi connectivity index (χ4n) is 6.53. The number of Topliss-reactive ketones (excluding diaryl/α,β-unsaturated/α-hetero) is 1. The summed E-state index contributed by atoms with van der Waals surface area (Å²) in [5.74, 6) is 0.507. The largest absolute Gasteiger partial charge is 0.346 e. The number of ether oxygens (including phenoxy) is 2. The molecular formula is C25H33FO5. The quantitative estimate of drug-likeness (QED) is 0.615. The fourth-order valence-corrected chi connectivity index (χ4v) is 6.53. The van der Waals surface area contributed by atoms with Crippen LogP contribution in [-0.2, 0) is 30.5 Å². The molecule has 5 nitrogen and oxygen atoms in total. The van der Waals surface area contributed by atoms with Crippen molar-refractivity contribution in [1.82, 2.24) is 0 Å². The van der Waals surface area contributed by atoms with Gasteiger partial charge in [0.2, 0.25) is 5.79 Å². The highest BCUT2D eigenvalue weighted by Gasteiger charge is 2.69. The summed E-state index contributed by atoms with van der Waals surface area (Å²) >= 11 is 0. The van der Waals surface area contributed by atoms with Crippen LogP contribution >= 0.6 is 0 Å². The molecule has 5 fully saturated rings. The Labute approximate surface area is 183 Å². The second-order valence-corrected chi connectivity index (χ2v) is 10.3. The third-order valence-electron chi connectivity index (χ3n) is 8.32. The third kappa shape index (κ3) is 3.65. The fraction of sp³-hybridized carbons (Fsp3) is 0.720. The molecule has 1 aromatic rings. The molecule has 170 valence electrons. The van der Waals surface area contributed by atoms with Gasteiger partial charge in [-0.05, 0) is 68.1 Å². The zero-order chi connectivity index (χ0) is 21.8. The van der Waals surface area contributed by atoms with E-state index in [-0.39, 0.29) is 29.5 Å². The first-order valence-corrected chi connectivity index (χ1v) is 11.8. The monoisotopic (exact) mass is 432 g/mol. The second-order valence-electron chi connectivity index (χ2n) is 10.3. The molecule has 0 aromatic heterocycles. The molecule has 5 aliphatic rings. The number of hydrogen-bond acceptors (Lipinski definition) is 5. The summed E-state index contributed by atoms with van der Waals surface area (Å²) in [4.78, 5) is 24.6. The van der Waals surface area contributed by atoms with Crippen molar-refractivity contribution in [2.45, 2.75) is 89.5 Å². The first kappa shape index (κ1) is 21.5. The summed E-state index contributed by atoms with van der Waals surface area (Å²) in [6.07, 6.45) is 4.94. The molecule has 1 saturated carbocycles. The van der Waals surface area contributed by atoms with E-state index in [0.717, 1.165) is 24.8 Å². The van der Waals surface area contributed by atoms with Gasteiger partial charge in [-0.25, -0.2) is 14.2 Å². The average molecular weight is 433 g/mol. The van der Waals surface area contributed by atoms with Crippen molar-refractivity contribution in [2.24, 2.45) is 23.7 Å². The third-order valence-corrected chi connectivity index (χ3v) is 8.32. The summed E-state index contributed by atoms with van der Waals surface area (Å²) < 4.78 is 26.0. The number of rotatable bonds is 5. The van der Waals surface area contributed by atoms with Crippen LogP contribution in [0.5, 0.6) is 0 Å². The summed E-state index contributed by atoms with van der Waals surface area (Å²) in [7, 11) is 0. The molecule has 4 aliphatic heterocycles. The second kappa shape index (κ2) is 7.91. The maximum absolute atomic E-state index is 13.1. The summed E-state index contributed by atoms with van der Waals surface area (Å²) in [6, 6.07) is 6.15. The molecule has 2 bridgehead atoms. The average Bonchev–Trinajstić information content (AvgIpc) is 2.97. The molecule has 6 rings (SSSR count). The molecule has 6 heteroatoms. The molecule has 0 radical (unpaired) electrons. The Morgan fingerprint density at radius 1 is 1.10 bits per heavy atom. The molecule has 31 heavy (non-hydrogen) atoms. The van der Waals surface area contributed by atoms with E-state index in [1.54, 1.807) is 12.1 Å². The van der Waals surface area contributed by atoms with Gasteiger partial charge in [-0.3, -0.25) is 4.79 Å². The highest BCUT2D eigenvalue weighted by Crippen LogP contribution is 2.60. The van der Waals surface area contributed by atoms with Crippen LogP contribution in [0.3, 0.4) is 0 Å². The van der Waals surface area contributed by atoms with Crippen molar-refractivity contribution < 1.29 is 28.4 Å². The van der Waals surface area contributed by atoms with E-state index in [1.165, 1.54) is 18.6 Å². The maximum atomic E-state index is 13.1. The lowest BCUT2D eigenvalue weighted by molar-refractivity contribution is -0.571. The van der Waals surface area contributed by atoms with E-state index in [0.29, 0.717) is 31.1 Å². The van der Waals surface area contributed by atoms with E-state index in [4.69, 9.17) is 19.2 Å². The lowest BCUT2D eigenvalue weighted by atomic mass is 9.57. The number of carbonyl (C=O) groups is 1. The Hall–Kier alpha value is -1.34. The highest BCUT2D eigenvalue weighted by molar-refractivity contribution is 5.80. The molecule has 4 heterocycles. The van der Waals surface area contributed by atoms with Crippen LogP contribution in [0.4, 0.5) is 4.39 Å². The van der Waals surface area contributed by atoms with Crippen LogP contribution in [-0.4, -0.2) is 29.6 Å². The minimum absolute atomic E-state index is 0.0570. The Balaban J connectivity index is 1.30. The van der Waals surface area contributed by atoms with Gasteiger partial charge >= 0.3 is 0 Å². The van der Waals surface area contributed by atoms with Gasteiger partial charge in [0, 0.05) is 25.2 Å². The molecule has 1 aliphatic carbocycles. The zero-order valence-electron chi connectivity index (χ0n) is 18.6. The molecule has 8 atom stereocenters. The zero-order valence-corrected chi connectivity index (χ0v) is 18.6. The standard InChI is InChI=1S/C25H33FO5/c1-15-4-10-21-16(2)22(11-9-19(27)14-17-5-7-18(26)8-6-17)28-23-25(21)20(15)12-13-24(3,29-23)30-31-25/h5-8,15-16,20-23H,4,9-14H2,1-3H3/t15-,16-,20+,21+,22-,23-,24+,25-/m1/s1. The molecular weight excluding hydrogens is 399 g/mol. The smallest absolute Gasteiger partial charge is 0.201 e. The van der Waals surface area contributed by atoms with E-state index in [1.807, 2.05) is 6.92 Å². The van der Waals surface area contributed by atoms with Gasteiger partial charge in [0.15, 0.2) is 11.9 Å². The van der Waals surface area contributed by atoms with Gasteiger partial charge in [-0.1, -0.05) is 26.0 Å². The van der Waals surface area contributed by atoms with Gasteiger partial charge < -0.3 is 9.47 Å². The number of carbonyl (C=O) groups excluding carboxylic acids is 1. The van der Waals surface area contributed by atoms with Crippen molar-refractivity contribution in [1.29, 1.82) is 0 Å². The van der Waals surface area contributed by atoms with Crippen molar-refractivity contribution in [3.05, 3.63) is 35.6 Å². The molecule has 4 saturated heterocycles. The first-order chi connectivity index (χ1) is 14.8. The Morgan fingerprint density at radius 3 is 2.65 bits per heavy atom. The highest BCUT2D eigenvalue weighted by atomic mass is 19.1. The van der Waals surface area contributed by atoms with Crippen LogP contribution < -0.4 is 0 Å². The Bertz CT molecular complexity index is 828. The van der Waals surface area contributed by atoms with E-state index >= 15 is 0 Å². The van der Waals surface area contributed by atoms with Gasteiger partial charge in [0.05, 0.1) is 6.10 Å². The lowest BCUT2D eigenvalue weighted by Gasteiger charge is -2.60. The number of fused-ring (bicyclic) bond motifs is 2. The Kier molecular flexibility index (Phi) is 5.48. The summed E-state index contributed by atoms with van der Waals surface area (Å²) in [6.45, 7) is 6.46. The summed E-state index contributed by atoms with van der Waals surface area (Å²) in [5.41, 5.74) is 0.289. The van der Waals surface area contributed by atoms with Crippen LogP contribution in [0.15, 0.2) is 24.3 Å². The number of benzene rings is 1. The predicted molar refractivity (Wildman–Crippen MR) is 111 cm³/mol. The van der Waals surface area contributed by atoms with Crippen molar-refractivity contribution in [2.75, 3.05) is 0 Å². The lowest BCUT2D eigenvalue weighted by Crippen LogP contribution is -2.70. The number of ketones is 1. The molecule has 0 unspecified atom stereocenters. The van der Waals surface area contributed by atoms with Crippen LogP contribution in [0.25, 0.3) is 0 Å². The first-order valence-electron chi connectivity index (χ1n) is 11.8. The van der Waals surface area contributed by atoms with E-state index in [9.17, 15) is 9.18 Å². The van der Waals surface area contributed by atoms with Gasteiger partial charge in [-0.2, -0.15) is 0 Å². The summed E-state index contributed by atoms with van der Waals surface area (Å²) in [5, 5.41) is 0. The van der Waals surface area contributed by atoms with Crippen molar-refractivity contribution in [3.8, 4) is 0 Å². The van der Waals surface area contributed by atoms with Crippen molar-refractivity contribution in [3.63, 3.8) is 0 Å². The Morgan fingerprint density at radius 2 is 1.87 bits per heavy atom. The van der Waals surface area contributed by atoms with Gasteiger partial charge in [0.1, 0.15) is 11.6 Å². The van der Waals surface area contributed by atoms with Crippen LogP contribution in [0, 0.1) is 29.5 Å². The van der Waals surface area contributed by atoms with Crippen molar-refractivity contribution >= 4 is 5.78 Å².